The van der Waals surface area contributed by atoms with Crippen molar-refractivity contribution in [2.24, 2.45) is 0 Å². The Morgan fingerprint density at radius 2 is 2.00 bits per heavy atom. The predicted molar refractivity (Wildman–Crippen MR) is 72.7 cm³/mol. The minimum absolute atomic E-state index is 0.174. The summed E-state index contributed by atoms with van der Waals surface area (Å²) in [4.78, 5) is 0. The Hall–Kier alpha value is -1.32. The van der Waals surface area contributed by atoms with Crippen LogP contribution in [-0.2, 0) is 11.3 Å². The third-order valence-electron chi connectivity index (χ3n) is 2.88. The van der Waals surface area contributed by atoms with E-state index in [2.05, 4.69) is 6.58 Å². The van der Waals surface area contributed by atoms with Crippen molar-refractivity contribution in [1.29, 1.82) is 0 Å². The van der Waals surface area contributed by atoms with Gasteiger partial charge in [-0.15, -0.1) is 6.58 Å². The lowest BCUT2D eigenvalue weighted by atomic mass is 10.1. The molecule has 0 unspecified atom stereocenters. The minimum atomic E-state index is -0.443. The first-order valence-corrected chi connectivity index (χ1v) is 6.21. The molecular formula is C15H22O3. The maximum atomic E-state index is 9.82. The van der Waals surface area contributed by atoms with E-state index in [1.165, 1.54) is 0 Å². The Morgan fingerprint density at radius 3 is 2.56 bits per heavy atom. The highest BCUT2D eigenvalue weighted by Crippen LogP contribution is 2.14. The van der Waals surface area contributed by atoms with Gasteiger partial charge in [-0.25, -0.2) is 0 Å². The number of hydrogen-bond donors (Lipinski definition) is 1. The number of allylic oxidation sites excluding steroid dienone is 1. The quantitative estimate of drug-likeness (QED) is 0.721. The molecule has 1 aromatic rings. The number of hydrogen-bond acceptors (Lipinski definition) is 3. The molecule has 3 nitrogen and oxygen atoms in total. The van der Waals surface area contributed by atoms with Crippen LogP contribution in [0.25, 0.3) is 0 Å². The van der Waals surface area contributed by atoms with Crippen molar-refractivity contribution in [1.82, 2.24) is 0 Å². The third kappa shape index (κ3) is 4.90. The van der Waals surface area contributed by atoms with Crippen molar-refractivity contribution < 1.29 is 14.6 Å². The zero-order valence-electron chi connectivity index (χ0n) is 11.1. The Kier molecular flexibility index (Phi) is 6.47. The van der Waals surface area contributed by atoms with Crippen LogP contribution in [0, 0.1) is 0 Å². The Labute approximate surface area is 109 Å². The summed E-state index contributed by atoms with van der Waals surface area (Å²) in [7, 11) is 1.64. The second-order valence-corrected chi connectivity index (χ2v) is 4.30. The van der Waals surface area contributed by atoms with Gasteiger partial charge in [0.25, 0.3) is 0 Å². The Morgan fingerprint density at radius 1 is 1.33 bits per heavy atom. The summed E-state index contributed by atoms with van der Waals surface area (Å²) in [6, 6.07) is 7.72. The summed E-state index contributed by atoms with van der Waals surface area (Å²) in [5, 5.41) is 9.82. The molecule has 3 heteroatoms. The summed E-state index contributed by atoms with van der Waals surface area (Å²) < 4.78 is 10.7. The maximum Gasteiger partial charge on any atom is 0.118 e. The lowest BCUT2D eigenvalue weighted by Gasteiger charge is -2.19. The summed E-state index contributed by atoms with van der Waals surface area (Å²) >= 11 is 0. The van der Waals surface area contributed by atoms with E-state index in [-0.39, 0.29) is 6.10 Å². The molecule has 0 aliphatic carbocycles. The lowest BCUT2D eigenvalue weighted by Crippen LogP contribution is -2.25. The first-order valence-electron chi connectivity index (χ1n) is 6.21. The zero-order chi connectivity index (χ0) is 13.4. The van der Waals surface area contributed by atoms with Crippen LogP contribution in [0.5, 0.6) is 5.75 Å². The van der Waals surface area contributed by atoms with Gasteiger partial charge in [-0.3, -0.25) is 0 Å². The molecule has 0 aliphatic rings. The van der Waals surface area contributed by atoms with Crippen molar-refractivity contribution in [3.63, 3.8) is 0 Å². The van der Waals surface area contributed by atoms with Crippen LogP contribution in [0.3, 0.4) is 0 Å². The highest BCUT2D eigenvalue weighted by Gasteiger charge is 2.13. The average Bonchev–Trinajstić information content (AvgIpc) is 2.42. The zero-order valence-corrected chi connectivity index (χ0v) is 11.1. The van der Waals surface area contributed by atoms with Gasteiger partial charge in [-0.2, -0.15) is 0 Å². The van der Waals surface area contributed by atoms with Crippen LogP contribution in [0.15, 0.2) is 36.9 Å². The van der Waals surface area contributed by atoms with Gasteiger partial charge in [-0.05, 0) is 37.5 Å². The normalized spacial score (nSPS) is 13.9. The van der Waals surface area contributed by atoms with Gasteiger partial charge in [0.05, 0.1) is 25.9 Å². The molecule has 1 rings (SSSR count). The van der Waals surface area contributed by atoms with Crippen LogP contribution >= 0.6 is 0 Å². The Balaban J connectivity index is 2.36. The lowest BCUT2D eigenvalue weighted by molar-refractivity contribution is -0.0375. The van der Waals surface area contributed by atoms with Crippen molar-refractivity contribution in [2.45, 2.75) is 38.6 Å². The van der Waals surface area contributed by atoms with Gasteiger partial charge in [-0.1, -0.05) is 18.2 Å². The molecule has 100 valence electrons. The summed E-state index contributed by atoms with van der Waals surface area (Å²) in [6.07, 6.45) is 2.68. The second kappa shape index (κ2) is 7.90. The first-order chi connectivity index (χ1) is 8.67. The molecule has 18 heavy (non-hydrogen) atoms. The number of aliphatic hydroxyl groups is 1. The molecule has 1 N–H and O–H groups in total. The number of rotatable bonds is 8. The molecule has 0 spiro atoms. The van der Waals surface area contributed by atoms with Gasteiger partial charge >= 0.3 is 0 Å². The van der Waals surface area contributed by atoms with Crippen molar-refractivity contribution in [3.8, 4) is 5.75 Å². The number of benzene rings is 1. The standard InChI is InChI=1S/C15H22O3/c1-4-5-6-15(16)12(2)18-11-13-7-9-14(17-3)10-8-13/h4,7-10,12,15-16H,1,5-6,11H2,2-3H3/t12-,15-/m0/s1. The van der Waals surface area contributed by atoms with Crippen LogP contribution < -0.4 is 4.74 Å². The SMILES string of the molecule is C=CCC[C@H](O)[C@H](C)OCc1ccc(OC)cc1. The molecule has 0 radical (unpaired) electrons. The van der Waals surface area contributed by atoms with Gasteiger partial charge < -0.3 is 14.6 Å². The van der Waals surface area contributed by atoms with E-state index in [0.717, 1.165) is 17.7 Å². The fourth-order valence-corrected chi connectivity index (χ4v) is 1.58. The molecule has 0 aromatic heterocycles. The van der Waals surface area contributed by atoms with Gasteiger partial charge in [0.15, 0.2) is 0 Å². The molecule has 1 aromatic carbocycles. The summed E-state index contributed by atoms with van der Waals surface area (Å²) in [6.45, 7) is 6.02. The summed E-state index contributed by atoms with van der Waals surface area (Å²) in [5.74, 6) is 0.831. The summed E-state index contributed by atoms with van der Waals surface area (Å²) in [5.41, 5.74) is 1.07. The first kappa shape index (κ1) is 14.7. The third-order valence-corrected chi connectivity index (χ3v) is 2.88. The van der Waals surface area contributed by atoms with Crippen molar-refractivity contribution in [3.05, 3.63) is 42.5 Å². The number of aliphatic hydroxyl groups excluding tert-OH is 1. The maximum absolute atomic E-state index is 9.82. The fraction of sp³-hybridized carbons (Fsp3) is 0.467. The van der Waals surface area contributed by atoms with E-state index in [9.17, 15) is 5.11 Å². The number of ether oxygens (including phenoxy) is 2. The van der Waals surface area contributed by atoms with E-state index >= 15 is 0 Å². The smallest absolute Gasteiger partial charge is 0.118 e. The molecule has 0 heterocycles. The molecule has 0 fully saturated rings. The van der Waals surface area contributed by atoms with Gasteiger partial charge in [0.1, 0.15) is 5.75 Å². The molecule has 0 aliphatic heterocycles. The van der Waals surface area contributed by atoms with E-state index in [0.29, 0.717) is 13.0 Å². The minimum Gasteiger partial charge on any atom is -0.497 e. The van der Waals surface area contributed by atoms with Crippen LogP contribution in [0.1, 0.15) is 25.3 Å². The molecule has 0 saturated heterocycles. The van der Waals surface area contributed by atoms with Crippen LogP contribution in [-0.4, -0.2) is 24.4 Å². The topological polar surface area (TPSA) is 38.7 Å². The van der Waals surface area contributed by atoms with Gasteiger partial charge in [0, 0.05) is 0 Å². The van der Waals surface area contributed by atoms with Crippen LogP contribution in [0.2, 0.25) is 0 Å². The monoisotopic (exact) mass is 250 g/mol. The van der Waals surface area contributed by atoms with Crippen molar-refractivity contribution >= 4 is 0 Å². The van der Waals surface area contributed by atoms with E-state index in [4.69, 9.17) is 9.47 Å². The van der Waals surface area contributed by atoms with E-state index in [1.807, 2.05) is 31.2 Å². The van der Waals surface area contributed by atoms with E-state index < -0.39 is 6.10 Å². The molecular weight excluding hydrogens is 228 g/mol. The van der Waals surface area contributed by atoms with Gasteiger partial charge in [0.2, 0.25) is 0 Å². The predicted octanol–water partition coefficient (Wildman–Crippen LogP) is 2.93. The number of methoxy groups -OCH3 is 1. The molecule has 0 amide bonds. The highest BCUT2D eigenvalue weighted by molar-refractivity contribution is 5.26. The molecule has 0 saturated carbocycles. The van der Waals surface area contributed by atoms with Crippen LogP contribution in [0.4, 0.5) is 0 Å². The fourth-order valence-electron chi connectivity index (χ4n) is 1.58. The Bertz CT molecular complexity index is 345. The largest absolute Gasteiger partial charge is 0.497 e. The average molecular weight is 250 g/mol. The molecule has 2 atom stereocenters. The second-order valence-electron chi connectivity index (χ2n) is 4.30. The van der Waals surface area contributed by atoms with Crippen molar-refractivity contribution in [2.75, 3.05) is 7.11 Å². The highest BCUT2D eigenvalue weighted by atomic mass is 16.5. The van der Waals surface area contributed by atoms with E-state index in [1.54, 1.807) is 13.2 Å². The molecule has 0 bridgehead atoms.